The van der Waals surface area contributed by atoms with E-state index in [1.165, 1.54) is 6.92 Å². The van der Waals surface area contributed by atoms with E-state index in [0.717, 1.165) is 0 Å². The zero-order valence-corrected chi connectivity index (χ0v) is 11.0. The van der Waals surface area contributed by atoms with Crippen LogP contribution in [0, 0.1) is 17.8 Å². The summed E-state index contributed by atoms with van der Waals surface area (Å²) in [4.78, 5) is 43.2. The minimum absolute atomic E-state index is 0.185. The molecule has 0 saturated heterocycles. The first kappa shape index (κ1) is 17.9. The number of carbonyl (C=O) groups is 4. The second kappa shape index (κ2) is 8.13. The van der Waals surface area contributed by atoms with Crippen LogP contribution in [-0.4, -0.2) is 44.3 Å². The van der Waals surface area contributed by atoms with Crippen LogP contribution in [0.4, 0.5) is 0 Å². The van der Waals surface area contributed by atoms with E-state index in [0.29, 0.717) is 0 Å². The maximum atomic E-state index is 11.1. The smallest absolute Gasteiger partial charge is 0.306 e. The summed E-state index contributed by atoms with van der Waals surface area (Å²) in [6, 6.07) is 0. The van der Waals surface area contributed by atoms with E-state index < -0.39 is 41.6 Å². The van der Waals surface area contributed by atoms with E-state index in [4.69, 9.17) is 20.4 Å². The predicted molar refractivity (Wildman–Crippen MR) is 65.2 cm³/mol. The molecule has 4 N–H and O–H groups in total. The average molecular weight is 290 g/mol. The Balaban J connectivity index is 4.74. The fraction of sp³-hybridized carbons (Fsp3) is 0.667. The molecule has 0 aliphatic heterocycles. The zero-order chi connectivity index (χ0) is 15.9. The number of carboxylic acids is 4. The Bertz CT molecular complexity index is 389. The molecule has 8 heteroatoms. The van der Waals surface area contributed by atoms with Crippen LogP contribution in [0.5, 0.6) is 0 Å². The molecular formula is C12H18O8. The average Bonchev–Trinajstić information content (AvgIpc) is 2.31. The van der Waals surface area contributed by atoms with E-state index in [1.807, 2.05) is 0 Å². The summed E-state index contributed by atoms with van der Waals surface area (Å²) in [5.41, 5.74) is 0. The fourth-order valence-corrected chi connectivity index (χ4v) is 1.81. The van der Waals surface area contributed by atoms with Crippen LogP contribution in [0.25, 0.3) is 0 Å². The molecule has 20 heavy (non-hydrogen) atoms. The molecule has 0 saturated carbocycles. The van der Waals surface area contributed by atoms with Gasteiger partial charge in [-0.2, -0.15) is 0 Å². The van der Waals surface area contributed by atoms with Gasteiger partial charge in [-0.3, -0.25) is 19.2 Å². The SMILES string of the molecule is C[C@@H](C[C@H](C[C@@H](CCC(=O)O)C(=O)O)C(=O)O)C(=O)O. The van der Waals surface area contributed by atoms with Gasteiger partial charge < -0.3 is 20.4 Å². The molecule has 0 fully saturated rings. The van der Waals surface area contributed by atoms with Gasteiger partial charge in [-0.15, -0.1) is 0 Å². The van der Waals surface area contributed by atoms with Crippen molar-refractivity contribution >= 4 is 23.9 Å². The summed E-state index contributed by atoms with van der Waals surface area (Å²) in [5, 5.41) is 35.2. The zero-order valence-electron chi connectivity index (χ0n) is 11.0. The van der Waals surface area contributed by atoms with E-state index in [-0.39, 0.29) is 25.7 Å². The molecular weight excluding hydrogens is 272 g/mol. The Morgan fingerprint density at radius 1 is 0.800 bits per heavy atom. The second-order valence-corrected chi connectivity index (χ2v) is 4.71. The summed E-state index contributed by atoms with van der Waals surface area (Å²) >= 11 is 0. The molecule has 8 nitrogen and oxygen atoms in total. The van der Waals surface area contributed by atoms with Gasteiger partial charge in [0.25, 0.3) is 0 Å². The lowest BCUT2D eigenvalue weighted by Gasteiger charge is -2.19. The second-order valence-electron chi connectivity index (χ2n) is 4.71. The quantitative estimate of drug-likeness (QED) is 0.460. The molecule has 0 bridgehead atoms. The molecule has 0 aliphatic carbocycles. The number of rotatable bonds is 10. The van der Waals surface area contributed by atoms with Gasteiger partial charge in [-0.1, -0.05) is 6.92 Å². The number of hydrogen-bond donors (Lipinski definition) is 4. The van der Waals surface area contributed by atoms with Gasteiger partial charge in [0.1, 0.15) is 0 Å². The van der Waals surface area contributed by atoms with Gasteiger partial charge in [0.15, 0.2) is 0 Å². The summed E-state index contributed by atoms with van der Waals surface area (Å²) in [6.45, 7) is 1.34. The van der Waals surface area contributed by atoms with Crippen LogP contribution in [0.2, 0.25) is 0 Å². The lowest BCUT2D eigenvalue weighted by molar-refractivity contribution is -0.147. The molecule has 0 aromatic carbocycles. The van der Waals surface area contributed by atoms with Crippen molar-refractivity contribution < 1.29 is 39.6 Å². The minimum atomic E-state index is -1.28. The number of hydrogen-bond acceptors (Lipinski definition) is 4. The molecule has 0 radical (unpaired) electrons. The van der Waals surface area contributed by atoms with Crippen molar-refractivity contribution in [1.82, 2.24) is 0 Å². The Labute approximate surface area is 115 Å². The summed E-state index contributed by atoms with van der Waals surface area (Å²) in [7, 11) is 0. The third-order valence-electron chi connectivity index (χ3n) is 3.03. The third kappa shape index (κ3) is 6.72. The van der Waals surface area contributed by atoms with E-state index in [9.17, 15) is 19.2 Å². The van der Waals surface area contributed by atoms with Crippen molar-refractivity contribution in [2.75, 3.05) is 0 Å². The van der Waals surface area contributed by atoms with Crippen molar-refractivity contribution in [2.45, 2.75) is 32.6 Å². The van der Waals surface area contributed by atoms with Gasteiger partial charge in [-0.05, 0) is 19.3 Å². The molecule has 0 unspecified atom stereocenters. The highest BCUT2D eigenvalue weighted by Gasteiger charge is 2.30. The van der Waals surface area contributed by atoms with E-state index in [2.05, 4.69) is 0 Å². The maximum Gasteiger partial charge on any atom is 0.306 e. The highest BCUT2D eigenvalue weighted by Crippen LogP contribution is 2.24. The Morgan fingerprint density at radius 2 is 1.30 bits per heavy atom. The largest absolute Gasteiger partial charge is 0.481 e. The number of aliphatic carboxylic acids is 4. The van der Waals surface area contributed by atoms with Crippen molar-refractivity contribution in [3.8, 4) is 0 Å². The van der Waals surface area contributed by atoms with Crippen molar-refractivity contribution in [1.29, 1.82) is 0 Å². The van der Waals surface area contributed by atoms with Crippen LogP contribution >= 0.6 is 0 Å². The molecule has 0 heterocycles. The first-order valence-corrected chi connectivity index (χ1v) is 6.05. The minimum Gasteiger partial charge on any atom is -0.481 e. The molecule has 0 amide bonds. The number of carboxylic acid groups (broad SMARTS) is 4. The van der Waals surface area contributed by atoms with Gasteiger partial charge in [0.2, 0.25) is 0 Å². The first-order chi connectivity index (χ1) is 9.15. The molecule has 0 spiro atoms. The van der Waals surface area contributed by atoms with Crippen LogP contribution in [-0.2, 0) is 19.2 Å². The monoisotopic (exact) mass is 290 g/mol. The van der Waals surface area contributed by atoms with Gasteiger partial charge in [0.05, 0.1) is 17.8 Å². The lowest BCUT2D eigenvalue weighted by Crippen LogP contribution is -2.26. The van der Waals surface area contributed by atoms with Gasteiger partial charge in [-0.25, -0.2) is 0 Å². The van der Waals surface area contributed by atoms with Crippen molar-refractivity contribution in [3.63, 3.8) is 0 Å². The van der Waals surface area contributed by atoms with Crippen molar-refractivity contribution in [2.24, 2.45) is 17.8 Å². The fourth-order valence-electron chi connectivity index (χ4n) is 1.81. The lowest BCUT2D eigenvalue weighted by atomic mass is 9.85. The van der Waals surface area contributed by atoms with Crippen molar-refractivity contribution in [3.05, 3.63) is 0 Å². The molecule has 0 aromatic heterocycles. The van der Waals surface area contributed by atoms with Gasteiger partial charge in [0, 0.05) is 6.42 Å². The van der Waals surface area contributed by atoms with E-state index >= 15 is 0 Å². The maximum absolute atomic E-state index is 11.1. The molecule has 0 aromatic rings. The van der Waals surface area contributed by atoms with Crippen LogP contribution in [0.3, 0.4) is 0 Å². The molecule has 114 valence electrons. The Kier molecular flexibility index (Phi) is 7.27. The molecule has 0 aliphatic rings. The summed E-state index contributed by atoms with van der Waals surface area (Å²) < 4.78 is 0. The van der Waals surface area contributed by atoms with Crippen LogP contribution in [0.15, 0.2) is 0 Å². The first-order valence-electron chi connectivity index (χ1n) is 6.05. The van der Waals surface area contributed by atoms with Crippen LogP contribution < -0.4 is 0 Å². The van der Waals surface area contributed by atoms with E-state index in [1.54, 1.807) is 0 Å². The van der Waals surface area contributed by atoms with Gasteiger partial charge >= 0.3 is 23.9 Å². The predicted octanol–water partition coefficient (Wildman–Crippen LogP) is 0.754. The topological polar surface area (TPSA) is 149 Å². The molecule has 3 atom stereocenters. The normalized spacial score (nSPS) is 15.1. The molecule has 0 rings (SSSR count). The Hall–Kier alpha value is -2.12. The highest BCUT2D eigenvalue weighted by molar-refractivity contribution is 5.76. The third-order valence-corrected chi connectivity index (χ3v) is 3.03. The highest BCUT2D eigenvalue weighted by atomic mass is 16.4. The summed E-state index contributed by atoms with van der Waals surface area (Å²) in [6.07, 6.45) is -1.04. The summed E-state index contributed by atoms with van der Waals surface area (Å²) in [5.74, 6) is -8.04. The Morgan fingerprint density at radius 3 is 1.65 bits per heavy atom. The van der Waals surface area contributed by atoms with Crippen LogP contribution in [0.1, 0.15) is 32.6 Å². The standard InChI is InChI=1S/C12H18O8/c1-6(10(15)16)4-8(12(19)20)5-7(11(17)18)2-3-9(13)14/h6-8H,2-5H2,1H3,(H,13,14)(H,15,16)(H,17,18)(H,19,20)/t6-,7+,8+/m0/s1.